The van der Waals surface area contributed by atoms with E-state index in [9.17, 15) is 9.90 Å². The lowest BCUT2D eigenvalue weighted by Crippen LogP contribution is -2.02. The van der Waals surface area contributed by atoms with Crippen LogP contribution in [-0.4, -0.2) is 16.1 Å². The molecule has 0 aliphatic heterocycles. The average Bonchev–Trinajstić information content (AvgIpc) is 2.34. The molecule has 1 heterocycles. The summed E-state index contributed by atoms with van der Waals surface area (Å²) >= 11 is 23.9. The molecule has 0 aliphatic carbocycles. The van der Waals surface area contributed by atoms with Crippen molar-refractivity contribution >= 4 is 52.4 Å². The summed E-state index contributed by atoms with van der Waals surface area (Å²) in [4.78, 5) is 15.2. The topological polar surface area (TPSA) is 50.2 Å². The molecule has 2 rings (SSSR count). The highest BCUT2D eigenvalue weighted by atomic mass is 35.5. The standard InChI is InChI=1S/C12H5Cl4NO2/c13-6-1-2-7(14)11(16)9(6)5-3-17-4-8(15)10(5)12(18)19/h1-4H,(H,18,19). The Morgan fingerprint density at radius 2 is 1.63 bits per heavy atom. The van der Waals surface area contributed by atoms with Gasteiger partial charge in [0.25, 0.3) is 0 Å². The Hall–Kier alpha value is -1.000. The summed E-state index contributed by atoms with van der Waals surface area (Å²) in [5.41, 5.74) is 0.392. The first-order valence-corrected chi connectivity index (χ1v) is 6.45. The summed E-state index contributed by atoms with van der Waals surface area (Å²) in [5, 5.41) is 9.90. The van der Waals surface area contributed by atoms with Crippen molar-refractivity contribution in [3.05, 3.63) is 50.2 Å². The molecule has 0 fully saturated rings. The lowest BCUT2D eigenvalue weighted by Gasteiger charge is -2.11. The fraction of sp³-hybridized carbons (Fsp3) is 0. The van der Waals surface area contributed by atoms with E-state index >= 15 is 0 Å². The minimum atomic E-state index is -1.20. The summed E-state index contributed by atoms with van der Waals surface area (Å²) < 4.78 is 0. The van der Waals surface area contributed by atoms with Crippen molar-refractivity contribution in [2.45, 2.75) is 0 Å². The van der Waals surface area contributed by atoms with Crippen LogP contribution in [0.1, 0.15) is 10.4 Å². The number of carboxylic acids is 1. The number of hydrogen-bond donors (Lipinski definition) is 1. The number of halogens is 4. The molecule has 1 aromatic carbocycles. The van der Waals surface area contributed by atoms with Crippen molar-refractivity contribution in [2.24, 2.45) is 0 Å². The van der Waals surface area contributed by atoms with Gasteiger partial charge in [0.1, 0.15) is 0 Å². The van der Waals surface area contributed by atoms with E-state index in [1.54, 1.807) is 0 Å². The van der Waals surface area contributed by atoms with Gasteiger partial charge in [-0.1, -0.05) is 46.4 Å². The van der Waals surface area contributed by atoms with Gasteiger partial charge < -0.3 is 5.11 Å². The molecule has 3 nitrogen and oxygen atoms in total. The molecule has 0 saturated heterocycles. The van der Waals surface area contributed by atoms with Gasteiger partial charge in [0.05, 0.1) is 25.7 Å². The third-order valence-electron chi connectivity index (χ3n) is 2.43. The molecule has 1 N–H and O–H groups in total. The third kappa shape index (κ3) is 2.65. The summed E-state index contributed by atoms with van der Waals surface area (Å²) in [6.07, 6.45) is 2.57. The number of benzene rings is 1. The van der Waals surface area contributed by atoms with Crippen molar-refractivity contribution in [2.75, 3.05) is 0 Å². The molecule has 0 aliphatic rings. The maximum Gasteiger partial charge on any atom is 0.337 e. The molecule has 2 aromatic rings. The minimum absolute atomic E-state index is 0.00268. The molecule has 0 radical (unpaired) electrons. The lowest BCUT2D eigenvalue weighted by molar-refractivity contribution is 0.0698. The van der Waals surface area contributed by atoms with E-state index in [1.165, 1.54) is 24.5 Å². The van der Waals surface area contributed by atoms with Gasteiger partial charge in [-0.25, -0.2) is 4.79 Å². The lowest BCUT2D eigenvalue weighted by atomic mass is 10.0. The Balaban J connectivity index is 2.84. The average molecular weight is 337 g/mol. The minimum Gasteiger partial charge on any atom is -0.478 e. The summed E-state index contributed by atoms with van der Waals surface area (Å²) in [6, 6.07) is 3.05. The van der Waals surface area contributed by atoms with Crippen LogP contribution in [0.15, 0.2) is 24.5 Å². The van der Waals surface area contributed by atoms with E-state index in [4.69, 9.17) is 46.4 Å². The predicted molar refractivity (Wildman–Crippen MR) is 76.7 cm³/mol. The van der Waals surface area contributed by atoms with Crippen LogP contribution in [-0.2, 0) is 0 Å². The first kappa shape index (κ1) is 14.4. The molecule has 0 spiro atoms. The van der Waals surface area contributed by atoms with E-state index in [0.29, 0.717) is 5.56 Å². The highest BCUT2D eigenvalue weighted by molar-refractivity contribution is 6.46. The number of carbonyl (C=O) groups is 1. The first-order chi connectivity index (χ1) is 8.93. The van der Waals surface area contributed by atoms with Crippen molar-refractivity contribution in [3.8, 4) is 11.1 Å². The van der Waals surface area contributed by atoms with Crippen LogP contribution < -0.4 is 0 Å². The Bertz CT molecular complexity index is 673. The molecular formula is C12H5Cl4NO2. The van der Waals surface area contributed by atoms with Crippen molar-refractivity contribution < 1.29 is 9.90 Å². The van der Waals surface area contributed by atoms with Crippen molar-refractivity contribution in [3.63, 3.8) is 0 Å². The van der Waals surface area contributed by atoms with E-state index in [1.807, 2.05) is 0 Å². The Morgan fingerprint density at radius 1 is 1.00 bits per heavy atom. The Kier molecular flexibility index (Phi) is 4.21. The molecule has 98 valence electrons. The van der Waals surface area contributed by atoms with Gasteiger partial charge in [-0.3, -0.25) is 4.98 Å². The Morgan fingerprint density at radius 3 is 2.26 bits per heavy atom. The normalized spacial score (nSPS) is 10.5. The highest BCUT2D eigenvalue weighted by Gasteiger charge is 2.21. The molecule has 19 heavy (non-hydrogen) atoms. The fourth-order valence-electron chi connectivity index (χ4n) is 1.62. The number of hydrogen-bond acceptors (Lipinski definition) is 2. The molecule has 7 heteroatoms. The summed E-state index contributed by atoms with van der Waals surface area (Å²) in [6.45, 7) is 0. The zero-order valence-corrected chi connectivity index (χ0v) is 12.1. The molecule has 0 amide bonds. The monoisotopic (exact) mass is 335 g/mol. The zero-order valence-electron chi connectivity index (χ0n) is 9.12. The number of rotatable bonds is 2. The van der Waals surface area contributed by atoms with Crippen LogP contribution in [0.5, 0.6) is 0 Å². The van der Waals surface area contributed by atoms with Crippen LogP contribution in [0, 0.1) is 0 Å². The maximum atomic E-state index is 11.3. The van der Waals surface area contributed by atoms with Crippen molar-refractivity contribution in [1.82, 2.24) is 4.98 Å². The van der Waals surface area contributed by atoms with Gasteiger partial charge in [0, 0.05) is 23.5 Å². The third-order valence-corrected chi connectivity index (χ3v) is 3.83. The fourth-order valence-corrected chi connectivity index (χ4v) is 2.59. The van der Waals surface area contributed by atoms with E-state index < -0.39 is 5.97 Å². The molecule has 1 aromatic heterocycles. The van der Waals surface area contributed by atoms with Crippen LogP contribution in [0.2, 0.25) is 20.1 Å². The van der Waals surface area contributed by atoms with Crippen LogP contribution in [0.3, 0.4) is 0 Å². The number of pyridine rings is 1. The summed E-state index contributed by atoms with van der Waals surface area (Å²) in [7, 11) is 0. The quantitative estimate of drug-likeness (QED) is 0.780. The second-order valence-electron chi connectivity index (χ2n) is 3.57. The second kappa shape index (κ2) is 5.55. The van der Waals surface area contributed by atoms with Gasteiger partial charge in [0.15, 0.2) is 0 Å². The van der Waals surface area contributed by atoms with E-state index in [0.717, 1.165) is 0 Å². The number of aromatic nitrogens is 1. The molecule has 0 atom stereocenters. The highest BCUT2D eigenvalue weighted by Crippen LogP contribution is 2.41. The first-order valence-electron chi connectivity index (χ1n) is 4.94. The molecular weight excluding hydrogens is 332 g/mol. The van der Waals surface area contributed by atoms with Crippen molar-refractivity contribution in [1.29, 1.82) is 0 Å². The number of aromatic carboxylic acids is 1. The van der Waals surface area contributed by atoms with Gasteiger partial charge in [-0.2, -0.15) is 0 Å². The maximum absolute atomic E-state index is 11.3. The van der Waals surface area contributed by atoms with E-state index in [-0.39, 0.29) is 31.2 Å². The molecule has 0 bridgehead atoms. The second-order valence-corrected chi connectivity index (χ2v) is 5.17. The predicted octanol–water partition coefficient (Wildman–Crippen LogP) is 5.06. The van der Waals surface area contributed by atoms with Crippen LogP contribution in [0.25, 0.3) is 11.1 Å². The smallest absolute Gasteiger partial charge is 0.337 e. The van der Waals surface area contributed by atoms with Crippen LogP contribution >= 0.6 is 46.4 Å². The van der Waals surface area contributed by atoms with Gasteiger partial charge >= 0.3 is 5.97 Å². The summed E-state index contributed by atoms with van der Waals surface area (Å²) in [5.74, 6) is -1.20. The zero-order chi connectivity index (χ0) is 14.2. The largest absolute Gasteiger partial charge is 0.478 e. The SMILES string of the molecule is O=C(O)c1c(Cl)cncc1-c1c(Cl)ccc(Cl)c1Cl. The van der Waals surface area contributed by atoms with E-state index in [2.05, 4.69) is 4.98 Å². The molecule has 0 saturated carbocycles. The van der Waals surface area contributed by atoms with Gasteiger partial charge in [-0.15, -0.1) is 0 Å². The molecule has 0 unspecified atom stereocenters. The van der Waals surface area contributed by atoms with Gasteiger partial charge in [-0.05, 0) is 12.1 Å². The van der Waals surface area contributed by atoms with Gasteiger partial charge in [0.2, 0.25) is 0 Å². The Labute approximate surface area is 128 Å². The number of nitrogens with zero attached hydrogens (tertiary/aromatic N) is 1. The number of carboxylic acid groups (broad SMARTS) is 1. The van der Waals surface area contributed by atoms with Crippen LogP contribution in [0.4, 0.5) is 0 Å².